The summed E-state index contributed by atoms with van der Waals surface area (Å²) in [5.41, 5.74) is -2.18. The number of carbonyl (C=O) groups excluding carboxylic acids is 4. The number of unbranched alkanes of at least 4 members (excludes halogenated alkanes) is 3. The maximum atomic E-state index is 14.9. The van der Waals surface area contributed by atoms with Crippen molar-refractivity contribution in [2.24, 2.45) is 11.8 Å². The Labute approximate surface area is 348 Å². The van der Waals surface area contributed by atoms with E-state index in [1.165, 1.54) is 36.1 Å². The van der Waals surface area contributed by atoms with Gasteiger partial charge in [-0.25, -0.2) is 13.4 Å². The van der Waals surface area contributed by atoms with Crippen molar-refractivity contribution >= 4 is 44.6 Å². The van der Waals surface area contributed by atoms with Gasteiger partial charge in [0.15, 0.2) is 0 Å². The molecule has 2 N–H and O–H groups in total. The Morgan fingerprint density at radius 3 is 2.42 bits per heavy atom. The maximum Gasteiger partial charge on any atom is 0.573 e. The van der Waals surface area contributed by atoms with Gasteiger partial charge in [-0.3, -0.25) is 23.9 Å². The number of halogens is 3. The molecule has 3 amide bonds. The number of nitrogens with zero attached hydrogens (tertiary/aromatic N) is 2. The fourth-order valence-corrected chi connectivity index (χ4v) is 9.71. The van der Waals surface area contributed by atoms with Gasteiger partial charge in [-0.2, -0.15) is 0 Å². The number of fused-ring (bicyclic) bond motifs is 3. The van der Waals surface area contributed by atoms with Crippen molar-refractivity contribution in [3.8, 4) is 11.5 Å². The predicted molar refractivity (Wildman–Crippen MR) is 216 cm³/mol. The number of amides is 3. The number of esters is 1. The normalized spacial score (nSPS) is 24.8. The van der Waals surface area contributed by atoms with Crippen LogP contribution in [0.2, 0.25) is 0 Å². The summed E-state index contributed by atoms with van der Waals surface area (Å²) in [4.78, 5) is 62.5. The fourth-order valence-electron chi connectivity index (χ4n) is 8.40. The zero-order valence-electron chi connectivity index (χ0n) is 34.8. The molecule has 1 unspecified atom stereocenters. The van der Waals surface area contributed by atoms with Crippen LogP contribution in [-0.4, -0.2) is 82.4 Å². The fraction of sp³-hybridized carbons (Fsp3) is 0.605. The molecule has 2 aliphatic heterocycles. The molecule has 1 spiro atoms. The minimum Gasteiger partial charge on any atom is -0.483 e. The summed E-state index contributed by atoms with van der Waals surface area (Å²) in [6, 6.07) is 2.65. The number of aromatic nitrogens is 1. The van der Waals surface area contributed by atoms with Gasteiger partial charge in [-0.15, -0.1) is 26.3 Å². The van der Waals surface area contributed by atoms with Crippen LogP contribution < -0.4 is 19.5 Å². The summed E-state index contributed by atoms with van der Waals surface area (Å²) in [7, 11) is -4.06. The molecule has 13 nitrogen and oxygen atoms in total. The third-order valence-corrected chi connectivity index (χ3v) is 14.2. The Balaban J connectivity index is 1.34. The van der Waals surface area contributed by atoms with Gasteiger partial charge in [0.05, 0.1) is 28.9 Å². The molecule has 0 radical (unpaired) electrons. The topological polar surface area (TPSA) is 170 Å². The first-order valence-corrected chi connectivity index (χ1v) is 22.0. The highest BCUT2D eigenvalue weighted by atomic mass is 32.2. The number of alkyl halides is 3. The monoisotopic (exact) mass is 860 g/mol. The molecule has 17 heteroatoms. The van der Waals surface area contributed by atoms with E-state index in [2.05, 4.69) is 32.9 Å². The lowest BCUT2D eigenvalue weighted by Crippen LogP contribution is -2.57. The lowest BCUT2D eigenvalue weighted by atomic mass is 9.87. The van der Waals surface area contributed by atoms with Crippen LogP contribution in [0.4, 0.5) is 13.2 Å². The number of rotatable bonds is 16. The number of aryl methyl sites for hydroxylation is 2. The van der Waals surface area contributed by atoms with Gasteiger partial charge in [0, 0.05) is 29.2 Å². The summed E-state index contributed by atoms with van der Waals surface area (Å²) in [5.74, 6) is -4.27. The minimum atomic E-state index is -4.91. The van der Waals surface area contributed by atoms with Gasteiger partial charge < -0.3 is 24.4 Å². The largest absolute Gasteiger partial charge is 0.573 e. The van der Waals surface area contributed by atoms with Crippen LogP contribution in [0, 0.1) is 18.8 Å². The molecule has 1 saturated heterocycles. The second-order valence-electron chi connectivity index (χ2n) is 18.0. The van der Waals surface area contributed by atoms with Crippen LogP contribution in [0.3, 0.4) is 0 Å². The smallest absolute Gasteiger partial charge is 0.483 e. The number of nitrogens with one attached hydrogen (secondary N) is 2. The standard InChI is InChI=1S/C43H55F3N4O9S/c1-8-10-11-12-13-14-27(21-34(51)58-39(4,5)6)37(53)50-25-41(18-17-30-31-22-29(57-43(44,45)46)15-16-32(31)47-26(3)35(30)59-41)24-33(50)36(52)48-42(23-28(42)9-2)38(54)49-60(55,56)40(7)19-20-40/h8-9,15-16,22,27-28,33H,1-2,10-14,17-21,23-25H2,3-7H3,(H,48,52)(H,49,54)/t27-,28-,33?,41-,42-/m1/s1. The number of pyridine rings is 1. The van der Waals surface area contributed by atoms with Gasteiger partial charge in [0.2, 0.25) is 21.8 Å². The summed E-state index contributed by atoms with van der Waals surface area (Å²) >= 11 is 0. The summed E-state index contributed by atoms with van der Waals surface area (Å²) in [6.07, 6.45) is 2.73. The molecule has 2 aromatic rings. The number of likely N-dealkylation sites (tertiary alicyclic amines) is 1. The molecular weight excluding hydrogens is 806 g/mol. The number of hydrogen-bond donors (Lipinski definition) is 2. The Bertz CT molecular complexity index is 2180. The molecule has 2 saturated carbocycles. The molecule has 5 atom stereocenters. The molecule has 1 aromatic heterocycles. The van der Waals surface area contributed by atoms with Crippen molar-refractivity contribution < 1.29 is 55.0 Å². The van der Waals surface area contributed by atoms with Crippen molar-refractivity contribution in [1.82, 2.24) is 19.9 Å². The second kappa shape index (κ2) is 16.3. The van der Waals surface area contributed by atoms with E-state index in [0.717, 1.165) is 19.3 Å². The molecule has 6 rings (SSSR count). The SMILES string of the molecule is C=CCCCCC[C@H](CC(=O)OC(C)(C)C)C(=O)N1C[C@@]2(CCc3c(c(C)nc4ccc(OC(F)(F)F)cc34)O2)CC1C(=O)N[C@]1(C(=O)NS(=O)(=O)C2(C)CC2)C[C@H]1C=C. The van der Waals surface area contributed by atoms with Gasteiger partial charge in [0.1, 0.15) is 34.3 Å². The van der Waals surface area contributed by atoms with Crippen molar-refractivity contribution in [1.29, 1.82) is 0 Å². The van der Waals surface area contributed by atoms with E-state index in [0.29, 0.717) is 53.6 Å². The Morgan fingerprint density at radius 1 is 1.08 bits per heavy atom. The first kappa shape index (κ1) is 44.9. The molecule has 0 bridgehead atoms. The molecule has 4 aliphatic rings. The molecule has 60 heavy (non-hydrogen) atoms. The number of hydrogen-bond acceptors (Lipinski definition) is 10. The number of sulfonamides is 1. The molecule has 1 aromatic carbocycles. The highest BCUT2D eigenvalue weighted by Crippen LogP contribution is 2.49. The van der Waals surface area contributed by atoms with E-state index in [1.807, 2.05) is 0 Å². The van der Waals surface area contributed by atoms with Crippen molar-refractivity contribution in [2.75, 3.05) is 6.54 Å². The van der Waals surface area contributed by atoms with Crippen LogP contribution in [0.1, 0.15) is 110 Å². The van der Waals surface area contributed by atoms with Crippen molar-refractivity contribution in [3.63, 3.8) is 0 Å². The minimum absolute atomic E-state index is 0.0516. The van der Waals surface area contributed by atoms with E-state index < -0.39 is 85.2 Å². The van der Waals surface area contributed by atoms with Gasteiger partial charge in [-0.1, -0.05) is 25.0 Å². The first-order valence-electron chi connectivity index (χ1n) is 20.5. The lowest BCUT2D eigenvalue weighted by Gasteiger charge is -2.36. The number of benzene rings is 1. The van der Waals surface area contributed by atoms with Crippen LogP contribution in [0.15, 0.2) is 43.5 Å². The maximum absolute atomic E-state index is 14.9. The zero-order valence-corrected chi connectivity index (χ0v) is 35.7. The average Bonchev–Trinajstić information content (AvgIpc) is 4.04. The van der Waals surface area contributed by atoms with E-state index in [-0.39, 0.29) is 38.6 Å². The van der Waals surface area contributed by atoms with Crippen LogP contribution in [0.25, 0.3) is 10.9 Å². The average molecular weight is 861 g/mol. The molecule has 328 valence electrons. The van der Waals surface area contributed by atoms with E-state index >= 15 is 0 Å². The highest BCUT2D eigenvalue weighted by Gasteiger charge is 2.63. The summed E-state index contributed by atoms with van der Waals surface area (Å²) in [6.45, 7) is 15.9. The number of carbonyl (C=O) groups is 4. The number of ether oxygens (including phenoxy) is 3. The van der Waals surface area contributed by atoms with Gasteiger partial charge in [-0.05, 0) is 104 Å². The summed E-state index contributed by atoms with van der Waals surface area (Å²) in [5, 5.41) is 3.21. The van der Waals surface area contributed by atoms with E-state index in [1.54, 1.807) is 33.8 Å². The number of allylic oxidation sites excluding steroid dienone is 1. The Hall–Kier alpha value is -4.67. The predicted octanol–water partition coefficient (Wildman–Crippen LogP) is 6.65. The zero-order chi connectivity index (χ0) is 44.1. The lowest BCUT2D eigenvalue weighted by molar-refractivity contribution is -0.274. The Morgan fingerprint density at radius 2 is 1.80 bits per heavy atom. The van der Waals surface area contributed by atoms with Gasteiger partial charge in [0.25, 0.3) is 5.91 Å². The van der Waals surface area contributed by atoms with E-state index in [9.17, 15) is 40.8 Å². The quantitative estimate of drug-likeness (QED) is 0.106. The molecular formula is C43H55F3N4O9S. The van der Waals surface area contributed by atoms with Crippen LogP contribution >= 0.6 is 0 Å². The Kier molecular flexibility index (Phi) is 12.2. The third kappa shape index (κ3) is 9.60. The highest BCUT2D eigenvalue weighted by molar-refractivity contribution is 7.91. The first-order chi connectivity index (χ1) is 27.9. The third-order valence-electron chi connectivity index (χ3n) is 12.1. The van der Waals surface area contributed by atoms with Crippen molar-refractivity contribution in [3.05, 3.63) is 54.8 Å². The van der Waals surface area contributed by atoms with Gasteiger partial charge >= 0.3 is 12.3 Å². The molecule has 3 fully saturated rings. The molecule has 2 aliphatic carbocycles. The van der Waals surface area contributed by atoms with Crippen LogP contribution in [0.5, 0.6) is 11.5 Å². The van der Waals surface area contributed by atoms with E-state index in [4.69, 9.17) is 9.47 Å². The summed E-state index contributed by atoms with van der Waals surface area (Å²) < 4.78 is 83.4. The van der Waals surface area contributed by atoms with Crippen molar-refractivity contribution in [2.45, 2.75) is 146 Å². The van der Waals surface area contributed by atoms with Crippen LogP contribution in [-0.2, 0) is 40.4 Å². The second-order valence-corrected chi connectivity index (χ2v) is 20.2. The molecule has 3 heterocycles.